The van der Waals surface area contributed by atoms with Gasteiger partial charge in [-0.1, -0.05) is 48.2 Å². The molecule has 0 saturated heterocycles. The number of nitrogen functional groups attached to an aromatic ring is 1. The minimum absolute atomic E-state index is 0.155. The molecule has 10 heteroatoms. The van der Waals surface area contributed by atoms with Gasteiger partial charge in [-0.05, 0) is 41.1 Å². The van der Waals surface area contributed by atoms with Crippen molar-refractivity contribution in [1.82, 2.24) is 35.2 Å². The predicted octanol–water partition coefficient (Wildman–Crippen LogP) is 2.77. The summed E-state index contributed by atoms with van der Waals surface area (Å²) in [5.41, 5.74) is 8.72. The van der Waals surface area contributed by atoms with Crippen LogP contribution in [0.25, 0.3) is 5.69 Å². The highest BCUT2D eigenvalue weighted by Crippen LogP contribution is 2.23. The van der Waals surface area contributed by atoms with Crippen LogP contribution in [0.2, 0.25) is 0 Å². The van der Waals surface area contributed by atoms with E-state index in [2.05, 4.69) is 35.8 Å². The number of hydrogen-bond donors (Lipinski definition) is 2. The molecule has 3 N–H and O–H groups in total. The van der Waals surface area contributed by atoms with Crippen molar-refractivity contribution in [3.8, 4) is 5.69 Å². The van der Waals surface area contributed by atoms with Crippen LogP contribution in [0.4, 0.5) is 17.6 Å². The molecule has 0 aliphatic heterocycles. The summed E-state index contributed by atoms with van der Waals surface area (Å²) in [4.78, 5) is 12.8. The number of nitrogens with two attached hydrogens (primary N) is 1. The molecule has 4 rings (SSSR count). The summed E-state index contributed by atoms with van der Waals surface area (Å²) in [6.45, 7) is 2.01. The molecule has 0 spiro atoms. The van der Waals surface area contributed by atoms with Gasteiger partial charge in [0.2, 0.25) is 17.1 Å². The fourth-order valence-electron chi connectivity index (χ4n) is 2.56. The molecule has 0 aliphatic rings. The lowest BCUT2D eigenvalue weighted by Gasteiger charge is -2.08. The average Bonchev–Trinajstić information content (AvgIpc) is 3.15. The Hall–Kier alpha value is -3.53. The molecule has 2 aromatic heterocycles. The van der Waals surface area contributed by atoms with Crippen molar-refractivity contribution < 1.29 is 0 Å². The third-order valence-electron chi connectivity index (χ3n) is 3.84. The maximum absolute atomic E-state index is 5.85. The zero-order valence-corrected chi connectivity index (χ0v) is 15.8. The van der Waals surface area contributed by atoms with E-state index in [1.807, 2.05) is 61.5 Å². The fraction of sp³-hybridized carbons (Fsp3) is 0.111. The summed E-state index contributed by atoms with van der Waals surface area (Å²) in [6, 6.07) is 17.5. The predicted molar refractivity (Wildman–Crippen MR) is 107 cm³/mol. The Bertz CT molecular complexity index is 1080. The Morgan fingerprint density at radius 3 is 2.61 bits per heavy atom. The van der Waals surface area contributed by atoms with Crippen LogP contribution in [0.1, 0.15) is 11.4 Å². The summed E-state index contributed by atoms with van der Waals surface area (Å²) in [5.74, 6) is 1.54. The van der Waals surface area contributed by atoms with Gasteiger partial charge in [0.25, 0.3) is 0 Å². The van der Waals surface area contributed by atoms with Crippen molar-refractivity contribution in [2.45, 2.75) is 17.8 Å². The monoisotopic (exact) mass is 391 g/mol. The van der Waals surface area contributed by atoms with E-state index < -0.39 is 0 Å². The second-order valence-corrected chi connectivity index (χ2v) is 6.82. The molecule has 28 heavy (non-hydrogen) atoms. The zero-order valence-electron chi connectivity index (χ0n) is 15.0. The van der Waals surface area contributed by atoms with Crippen LogP contribution < -0.4 is 11.1 Å². The molecule has 9 nitrogen and oxygen atoms in total. The number of para-hydroxylation sites is 2. The molecule has 0 radical (unpaired) electrons. The normalized spacial score (nSPS) is 10.8. The van der Waals surface area contributed by atoms with E-state index in [0.717, 1.165) is 16.9 Å². The molecule has 0 amide bonds. The first-order valence-electron chi connectivity index (χ1n) is 8.49. The molecule has 0 fully saturated rings. The molecule has 140 valence electrons. The Labute approximate surface area is 165 Å². The minimum atomic E-state index is 0.155. The van der Waals surface area contributed by atoms with Crippen LogP contribution in [0.15, 0.2) is 59.8 Å². The van der Waals surface area contributed by atoms with E-state index >= 15 is 0 Å². The summed E-state index contributed by atoms with van der Waals surface area (Å²) >= 11 is 1.42. The maximum atomic E-state index is 5.85. The lowest BCUT2D eigenvalue weighted by Crippen LogP contribution is -2.07. The number of nitrogens with one attached hydrogen (secondary N) is 1. The standard InChI is InChI=1S/C18H17N9S/c1-12-7-5-6-10-14(12)27-18(24-25-26-27)28-11-15-21-16(19)23-17(22-15)20-13-8-3-2-4-9-13/h2-10H,11H2,1H3,(H3,19,20,21,22,23). The van der Waals surface area contributed by atoms with E-state index in [0.29, 0.717) is 22.7 Å². The number of tetrazole rings is 1. The molecule has 0 aliphatic carbocycles. The average molecular weight is 391 g/mol. The Morgan fingerprint density at radius 1 is 1.00 bits per heavy atom. The summed E-state index contributed by atoms with van der Waals surface area (Å²) in [7, 11) is 0. The molecule has 0 bridgehead atoms. The largest absolute Gasteiger partial charge is 0.368 e. The highest BCUT2D eigenvalue weighted by atomic mass is 32.2. The van der Waals surface area contributed by atoms with Crippen molar-refractivity contribution in [2.24, 2.45) is 0 Å². The molecule has 2 aromatic carbocycles. The van der Waals surface area contributed by atoms with Gasteiger partial charge in [0.1, 0.15) is 5.82 Å². The van der Waals surface area contributed by atoms with Crippen LogP contribution in [0.3, 0.4) is 0 Å². The lowest BCUT2D eigenvalue weighted by atomic mass is 10.2. The number of aryl methyl sites for hydroxylation is 1. The number of nitrogens with zero attached hydrogens (tertiary/aromatic N) is 7. The van der Waals surface area contributed by atoms with Crippen LogP contribution in [-0.4, -0.2) is 35.2 Å². The van der Waals surface area contributed by atoms with Crippen LogP contribution in [0, 0.1) is 6.92 Å². The Balaban J connectivity index is 1.52. The highest BCUT2D eigenvalue weighted by molar-refractivity contribution is 7.98. The molecular weight excluding hydrogens is 374 g/mol. The smallest absolute Gasteiger partial charge is 0.232 e. The first-order valence-corrected chi connectivity index (χ1v) is 9.47. The number of aromatic nitrogens is 7. The van der Waals surface area contributed by atoms with Gasteiger partial charge >= 0.3 is 0 Å². The third kappa shape index (κ3) is 4.07. The third-order valence-corrected chi connectivity index (χ3v) is 4.76. The van der Waals surface area contributed by atoms with Gasteiger partial charge in [0, 0.05) is 5.69 Å². The van der Waals surface area contributed by atoms with Gasteiger partial charge in [-0.2, -0.15) is 19.6 Å². The van der Waals surface area contributed by atoms with Gasteiger partial charge in [-0.15, -0.1) is 5.10 Å². The maximum Gasteiger partial charge on any atom is 0.232 e. The summed E-state index contributed by atoms with van der Waals surface area (Å²) in [6.07, 6.45) is 0. The molecule has 0 saturated carbocycles. The second kappa shape index (κ2) is 8.01. The number of anilines is 3. The quantitative estimate of drug-likeness (QED) is 0.478. The van der Waals surface area contributed by atoms with E-state index in [-0.39, 0.29) is 5.95 Å². The summed E-state index contributed by atoms with van der Waals surface area (Å²) in [5, 5.41) is 15.8. The number of thioether (sulfide) groups is 1. The lowest BCUT2D eigenvalue weighted by molar-refractivity contribution is 0.751. The zero-order chi connectivity index (χ0) is 19.3. The van der Waals surface area contributed by atoms with Crippen LogP contribution in [-0.2, 0) is 5.75 Å². The number of benzene rings is 2. The van der Waals surface area contributed by atoms with Crippen molar-refractivity contribution in [1.29, 1.82) is 0 Å². The topological polar surface area (TPSA) is 120 Å². The van der Waals surface area contributed by atoms with Gasteiger partial charge in [-0.3, -0.25) is 0 Å². The van der Waals surface area contributed by atoms with Crippen molar-refractivity contribution in [3.05, 3.63) is 66.0 Å². The molecule has 0 atom stereocenters. The van der Waals surface area contributed by atoms with E-state index in [1.54, 1.807) is 4.68 Å². The van der Waals surface area contributed by atoms with Crippen molar-refractivity contribution >= 4 is 29.3 Å². The van der Waals surface area contributed by atoms with Crippen LogP contribution in [0.5, 0.6) is 0 Å². The van der Waals surface area contributed by atoms with Gasteiger partial charge < -0.3 is 11.1 Å². The Morgan fingerprint density at radius 2 is 1.79 bits per heavy atom. The van der Waals surface area contributed by atoms with E-state index in [1.165, 1.54) is 11.8 Å². The first-order chi connectivity index (χ1) is 13.7. The van der Waals surface area contributed by atoms with Crippen molar-refractivity contribution in [2.75, 3.05) is 11.1 Å². The van der Waals surface area contributed by atoms with E-state index in [9.17, 15) is 0 Å². The second-order valence-electron chi connectivity index (χ2n) is 5.87. The van der Waals surface area contributed by atoms with Crippen LogP contribution >= 0.6 is 11.8 Å². The fourth-order valence-corrected chi connectivity index (χ4v) is 3.30. The number of rotatable bonds is 6. The molecule has 2 heterocycles. The van der Waals surface area contributed by atoms with Gasteiger partial charge in [0.15, 0.2) is 0 Å². The number of hydrogen-bond acceptors (Lipinski definition) is 9. The highest BCUT2D eigenvalue weighted by Gasteiger charge is 2.13. The first kappa shape index (κ1) is 17.9. The minimum Gasteiger partial charge on any atom is -0.368 e. The van der Waals surface area contributed by atoms with E-state index in [4.69, 9.17) is 5.73 Å². The Kier molecular flexibility index (Phi) is 5.11. The summed E-state index contributed by atoms with van der Waals surface area (Å²) < 4.78 is 1.70. The molecule has 0 unspecified atom stereocenters. The van der Waals surface area contributed by atoms with Gasteiger partial charge in [0.05, 0.1) is 11.4 Å². The van der Waals surface area contributed by atoms with Gasteiger partial charge in [-0.25, -0.2) is 0 Å². The van der Waals surface area contributed by atoms with Crippen molar-refractivity contribution in [3.63, 3.8) is 0 Å². The molecular formula is C18H17N9S. The SMILES string of the molecule is Cc1ccccc1-n1nnnc1SCc1nc(N)nc(Nc2ccccc2)n1. The molecule has 4 aromatic rings.